The zero-order valence-corrected chi connectivity index (χ0v) is 10.1. The van der Waals surface area contributed by atoms with Crippen LogP contribution in [0.15, 0.2) is 27.2 Å². The lowest BCUT2D eigenvalue weighted by atomic mass is 10.1. The van der Waals surface area contributed by atoms with Gasteiger partial charge in [-0.2, -0.15) is 0 Å². The van der Waals surface area contributed by atoms with Crippen LogP contribution in [0.2, 0.25) is 0 Å². The molecule has 15 heavy (non-hydrogen) atoms. The molecule has 1 aromatic carbocycles. The summed E-state index contributed by atoms with van der Waals surface area (Å²) in [5.74, 6) is 1.17. The van der Waals surface area contributed by atoms with E-state index in [1.807, 2.05) is 32.0 Å². The molecular formula is C11H11BrN2O. The fourth-order valence-corrected chi connectivity index (χ4v) is 1.87. The van der Waals surface area contributed by atoms with Crippen molar-refractivity contribution in [2.75, 3.05) is 5.73 Å². The third-order valence-corrected chi connectivity index (χ3v) is 3.45. The van der Waals surface area contributed by atoms with E-state index in [1.165, 1.54) is 0 Å². The fourth-order valence-electron chi connectivity index (χ4n) is 1.42. The maximum Gasteiger partial charge on any atom is 0.173 e. The minimum absolute atomic E-state index is 0.443. The van der Waals surface area contributed by atoms with E-state index < -0.39 is 0 Å². The molecular weight excluding hydrogens is 256 g/mol. The molecule has 0 atom stereocenters. The van der Waals surface area contributed by atoms with Gasteiger partial charge in [0.15, 0.2) is 11.6 Å². The van der Waals surface area contributed by atoms with E-state index in [0.717, 1.165) is 26.9 Å². The molecule has 2 aromatic rings. The van der Waals surface area contributed by atoms with Crippen molar-refractivity contribution >= 4 is 21.7 Å². The highest BCUT2D eigenvalue weighted by molar-refractivity contribution is 9.10. The number of nitrogens with two attached hydrogens (primary N) is 1. The van der Waals surface area contributed by atoms with Gasteiger partial charge in [0.1, 0.15) is 0 Å². The summed E-state index contributed by atoms with van der Waals surface area (Å²) >= 11 is 3.53. The smallest absolute Gasteiger partial charge is 0.173 e. The Morgan fingerprint density at radius 3 is 2.67 bits per heavy atom. The molecule has 0 aliphatic carbocycles. The summed E-state index contributed by atoms with van der Waals surface area (Å²) in [7, 11) is 0. The second kappa shape index (κ2) is 3.70. The predicted molar refractivity (Wildman–Crippen MR) is 63.5 cm³/mol. The van der Waals surface area contributed by atoms with Crippen molar-refractivity contribution in [2.45, 2.75) is 13.8 Å². The molecule has 0 amide bonds. The lowest BCUT2D eigenvalue weighted by molar-refractivity contribution is 0.435. The molecule has 3 nitrogen and oxygen atoms in total. The van der Waals surface area contributed by atoms with Crippen LogP contribution in [-0.4, -0.2) is 5.16 Å². The topological polar surface area (TPSA) is 52.0 Å². The molecule has 0 bridgehead atoms. The maximum absolute atomic E-state index is 5.65. The van der Waals surface area contributed by atoms with Crippen molar-refractivity contribution in [3.63, 3.8) is 0 Å². The summed E-state index contributed by atoms with van der Waals surface area (Å²) in [5.41, 5.74) is 8.66. The van der Waals surface area contributed by atoms with E-state index in [-0.39, 0.29) is 0 Å². The Labute approximate surface area is 96.4 Å². The molecule has 2 N–H and O–H groups in total. The number of nitrogen functional groups attached to an aromatic ring is 1. The van der Waals surface area contributed by atoms with Crippen molar-refractivity contribution in [2.24, 2.45) is 0 Å². The molecule has 0 radical (unpaired) electrons. The van der Waals surface area contributed by atoms with Gasteiger partial charge in [-0.15, -0.1) is 0 Å². The average Bonchev–Trinajstić information content (AvgIpc) is 2.53. The number of benzene rings is 1. The second-order valence-corrected chi connectivity index (χ2v) is 4.25. The Hall–Kier alpha value is -1.29. The highest BCUT2D eigenvalue weighted by Crippen LogP contribution is 2.34. The first-order valence-electron chi connectivity index (χ1n) is 4.58. The first-order chi connectivity index (χ1) is 7.11. The van der Waals surface area contributed by atoms with Crippen molar-refractivity contribution < 1.29 is 4.52 Å². The molecule has 0 unspecified atom stereocenters. The van der Waals surface area contributed by atoms with Crippen molar-refractivity contribution in [1.29, 1.82) is 0 Å². The van der Waals surface area contributed by atoms with E-state index in [9.17, 15) is 0 Å². The van der Waals surface area contributed by atoms with Crippen molar-refractivity contribution in [3.8, 4) is 11.3 Å². The van der Waals surface area contributed by atoms with E-state index >= 15 is 0 Å². The number of hydrogen-bond acceptors (Lipinski definition) is 3. The summed E-state index contributed by atoms with van der Waals surface area (Å²) in [6.07, 6.45) is 0. The van der Waals surface area contributed by atoms with E-state index in [2.05, 4.69) is 21.1 Å². The van der Waals surface area contributed by atoms with E-state index in [1.54, 1.807) is 0 Å². The van der Waals surface area contributed by atoms with Gasteiger partial charge < -0.3 is 10.3 Å². The van der Waals surface area contributed by atoms with Crippen LogP contribution < -0.4 is 5.73 Å². The zero-order chi connectivity index (χ0) is 11.0. The van der Waals surface area contributed by atoms with Gasteiger partial charge in [-0.05, 0) is 41.4 Å². The first kappa shape index (κ1) is 10.2. The van der Waals surface area contributed by atoms with Crippen molar-refractivity contribution in [1.82, 2.24) is 5.16 Å². The van der Waals surface area contributed by atoms with Gasteiger partial charge in [0.25, 0.3) is 0 Å². The SMILES string of the molecule is Cc1cccc(-c2onc(N)c2C)c1Br. The molecule has 0 aliphatic heterocycles. The highest BCUT2D eigenvalue weighted by atomic mass is 79.9. The number of aryl methyl sites for hydroxylation is 1. The quantitative estimate of drug-likeness (QED) is 0.862. The van der Waals surface area contributed by atoms with E-state index in [0.29, 0.717) is 5.82 Å². The van der Waals surface area contributed by atoms with Gasteiger partial charge in [0.2, 0.25) is 0 Å². The Morgan fingerprint density at radius 2 is 2.07 bits per heavy atom. The van der Waals surface area contributed by atoms with Crippen LogP contribution in [0, 0.1) is 13.8 Å². The second-order valence-electron chi connectivity index (χ2n) is 3.46. The summed E-state index contributed by atoms with van der Waals surface area (Å²) in [6.45, 7) is 3.93. The first-order valence-corrected chi connectivity index (χ1v) is 5.37. The van der Waals surface area contributed by atoms with Crippen LogP contribution in [-0.2, 0) is 0 Å². The number of aromatic nitrogens is 1. The summed E-state index contributed by atoms with van der Waals surface area (Å²) in [5, 5.41) is 3.75. The predicted octanol–water partition coefficient (Wildman–Crippen LogP) is 3.30. The number of anilines is 1. The van der Waals surface area contributed by atoms with Gasteiger partial charge in [-0.1, -0.05) is 17.3 Å². The van der Waals surface area contributed by atoms with Gasteiger partial charge in [0.05, 0.1) is 0 Å². The summed E-state index contributed by atoms with van der Waals surface area (Å²) < 4.78 is 6.23. The molecule has 0 aliphatic rings. The maximum atomic E-state index is 5.65. The fraction of sp³-hybridized carbons (Fsp3) is 0.182. The molecule has 1 heterocycles. The lowest BCUT2D eigenvalue weighted by Crippen LogP contribution is -1.87. The number of nitrogens with zero attached hydrogens (tertiary/aromatic N) is 1. The number of rotatable bonds is 1. The molecule has 0 fully saturated rings. The molecule has 4 heteroatoms. The molecule has 1 aromatic heterocycles. The van der Waals surface area contributed by atoms with Gasteiger partial charge >= 0.3 is 0 Å². The Balaban J connectivity index is 2.64. The summed E-state index contributed by atoms with van der Waals surface area (Å²) in [4.78, 5) is 0. The third kappa shape index (κ3) is 1.65. The molecule has 78 valence electrons. The average molecular weight is 267 g/mol. The standard InChI is InChI=1S/C11H11BrN2O/c1-6-4-3-5-8(9(6)12)10-7(2)11(13)14-15-10/h3-5H,1-2H3,(H2,13,14). The Kier molecular flexibility index (Phi) is 2.52. The third-order valence-electron chi connectivity index (χ3n) is 2.40. The monoisotopic (exact) mass is 266 g/mol. The number of hydrogen-bond donors (Lipinski definition) is 1. The molecule has 0 spiro atoms. The zero-order valence-electron chi connectivity index (χ0n) is 8.54. The largest absolute Gasteiger partial charge is 0.381 e. The molecule has 0 saturated carbocycles. The van der Waals surface area contributed by atoms with Gasteiger partial charge in [0, 0.05) is 15.6 Å². The molecule has 0 saturated heterocycles. The van der Waals surface area contributed by atoms with Crippen molar-refractivity contribution in [3.05, 3.63) is 33.8 Å². The Bertz CT molecular complexity index is 505. The van der Waals surface area contributed by atoms with Gasteiger partial charge in [-0.3, -0.25) is 0 Å². The van der Waals surface area contributed by atoms with Crippen LogP contribution in [0.4, 0.5) is 5.82 Å². The van der Waals surface area contributed by atoms with Gasteiger partial charge in [-0.25, -0.2) is 0 Å². The minimum Gasteiger partial charge on any atom is -0.381 e. The van der Waals surface area contributed by atoms with Crippen LogP contribution >= 0.6 is 15.9 Å². The normalized spacial score (nSPS) is 10.6. The van der Waals surface area contributed by atoms with E-state index in [4.69, 9.17) is 10.3 Å². The Morgan fingerprint density at radius 1 is 1.33 bits per heavy atom. The van der Waals surface area contributed by atoms with Crippen LogP contribution in [0.3, 0.4) is 0 Å². The highest BCUT2D eigenvalue weighted by Gasteiger charge is 2.14. The molecule has 2 rings (SSSR count). The lowest BCUT2D eigenvalue weighted by Gasteiger charge is -2.03. The van der Waals surface area contributed by atoms with Crippen LogP contribution in [0.25, 0.3) is 11.3 Å². The van der Waals surface area contributed by atoms with Crippen LogP contribution in [0.5, 0.6) is 0 Å². The minimum atomic E-state index is 0.443. The van der Waals surface area contributed by atoms with Crippen LogP contribution in [0.1, 0.15) is 11.1 Å². The summed E-state index contributed by atoms with van der Waals surface area (Å²) in [6, 6.07) is 5.99. The number of halogens is 1.